The van der Waals surface area contributed by atoms with Crippen molar-refractivity contribution < 1.29 is 0 Å². The number of rotatable bonds is 2. The molecule has 0 amide bonds. The molecule has 0 spiro atoms. The van der Waals surface area contributed by atoms with Gasteiger partial charge in [-0.25, -0.2) is 0 Å². The van der Waals surface area contributed by atoms with Gasteiger partial charge >= 0.3 is 0 Å². The van der Waals surface area contributed by atoms with E-state index in [0.717, 1.165) is 12.8 Å². The first kappa shape index (κ1) is 10.4. The third-order valence-corrected chi connectivity index (χ3v) is 4.54. The minimum atomic E-state index is -0.0282. The maximum absolute atomic E-state index is 6.57. The van der Waals surface area contributed by atoms with Gasteiger partial charge in [0, 0.05) is 4.90 Å². The van der Waals surface area contributed by atoms with E-state index in [-0.39, 0.29) is 4.21 Å². The van der Waals surface area contributed by atoms with Crippen molar-refractivity contribution in [3.63, 3.8) is 0 Å². The number of hydrogen-bond donors (Lipinski definition) is 0. The molecule has 1 aromatic rings. The van der Waals surface area contributed by atoms with Crippen molar-refractivity contribution in [3.8, 4) is 0 Å². The Morgan fingerprint density at radius 2 is 1.64 bits per heavy atom. The fourth-order valence-electron chi connectivity index (χ4n) is 1.88. The van der Waals surface area contributed by atoms with Crippen LogP contribution in [0.15, 0.2) is 35.2 Å². The van der Waals surface area contributed by atoms with Gasteiger partial charge in [-0.05, 0) is 25.0 Å². The van der Waals surface area contributed by atoms with E-state index >= 15 is 0 Å². The number of benzene rings is 1. The molecule has 1 saturated carbocycles. The van der Waals surface area contributed by atoms with E-state index < -0.39 is 0 Å². The normalized spacial score (nSPS) is 20.6. The van der Waals surface area contributed by atoms with Crippen molar-refractivity contribution in [2.24, 2.45) is 0 Å². The summed E-state index contributed by atoms with van der Waals surface area (Å²) in [5, 5.41) is 0. The molecule has 2 heteroatoms. The van der Waals surface area contributed by atoms with E-state index in [1.807, 2.05) is 17.8 Å². The zero-order valence-corrected chi connectivity index (χ0v) is 9.78. The van der Waals surface area contributed by atoms with E-state index in [4.69, 9.17) is 11.6 Å². The first-order valence-corrected chi connectivity index (χ1v) is 6.41. The third kappa shape index (κ3) is 2.68. The van der Waals surface area contributed by atoms with Crippen LogP contribution in [-0.4, -0.2) is 4.21 Å². The van der Waals surface area contributed by atoms with Crippen LogP contribution in [0.2, 0.25) is 0 Å². The fraction of sp³-hybridized carbons (Fsp3) is 0.500. The van der Waals surface area contributed by atoms with Gasteiger partial charge in [0.05, 0.1) is 4.21 Å². The van der Waals surface area contributed by atoms with Crippen LogP contribution in [0, 0.1) is 0 Å². The highest BCUT2D eigenvalue weighted by molar-refractivity contribution is 8.02. The molecule has 0 aromatic heterocycles. The van der Waals surface area contributed by atoms with Crippen LogP contribution in [0.1, 0.15) is 32.1 Å². The summed E-state index contributed by atoms with van der Waals surface area (Å²) in [4.78, 5) is 1.30. The molecule has 0 saturated heterocycles. The lowest BCUT2D eigenvalue weighted by atomic mass is 10.00. The second-order valence-corrected chi connectivity index (χ2v) is 6.26. The molecule has 76 valence electrons. The topological polar surface area (TPSA) is 0 Å². The lowest BCUT2D eigenvalue weighted by Crippen LogP contribution is -2.19. The Morgan fingerprint density at radius 1 is 1.00 bits per heavy atom. The monoisotopic (exact) mass is 226 g/mol. The van der Waals surface area contributed by atoms with Gasteiger partial charge in [0.25, 0.3) is 0 Å². The molecule has 1 aliphatic carbocycles. The smallest absolute Gasteiger partial charge is 0.0942 e. The van der Waals surface area contributed by atoms with Crippen LogP contribution in [-0.2, 0) is 0 Å². The molecule has 14 heavy (non-hydrogen) atoms. The third-order valence-electron chi connectivity index (χ3n) is 2.64. The van der Waals surface area contributed by atoms with Crippen molar-refractivity contribution in [3.05, 3.63) is 30.3 Å². The first-order chi connectivity index (χ1) is 6.79. The molecule has 1 aliphatic rings. The molecule has 0 nitrogen and oxygen atoms in total. The standard InChI is InChI=1S/C12H15ClS/c13-12(9-5-2-6-10-12)14-11-7-3-1-4-8-11/h1,3-4,7-8H,2,5-6,9-10H2. The van der Waals surface area contributed by atoms with Crippen LogP contribution >= 0.6 is 23.4 Å². The second kappa shape index (κ2) is 4.59. The summed E-state index contributed by atoms with van der Waals surface area (Å²) in [6.07, 6.45) is 6.21. The van der Waals surface area contributed by atoms with Crippen molar-refractivity contribution >= 4 is 23.4 Å². The quantitative estimate of drug-likeness (QED) is 0.660. The largest absolute Gasteiger partial charge is 0.107 e. The van der Waals surface area contributed by atoms with Gasteiger partial charge in [0.2, 0.25) is 0 Å². The molecule has 0 heterocycles. The van der Waals surface area contributed by atoms with Gasteiger partial charge in [0.1, 0.15) is 0 Å². The lowest BCUT2D eigenvalue weighted by molar-refractivity contribution is 0.484. The van der Waals surface area contributed by atoms with Crippen LogP contribution in [0.4, 0.5) is 0 Å². The summed E-state index contributed by atoms with van der Waals surface area (Å²) in [6.45, 7) is 0. The van der Waals surface area contributed by atoms with E-state index in [1.54, 1.807) is 0 Å². The molecular formula is C12H15ClS. The van der Waals surface area contributed by atoms with Crippen molar-refractivity contribution in [2.45, 2.75) is 41.2 Å². The highest BCUT2D eigenvalue weighted by Gasteiger charge is 2.30. The summed E-state index contributed by atoms with van der Waals surface area (Å²) in [7, 11) is 0. The average molecular weight is 227 g/mol. The predicted molar refractivity (Wildman–Crippen MR) is 64.0 cm³/mol. The SMILES string of the molecule is ClC1(Sc2ccccc2)CCCCC1. The van der Waals surface area contributed by atoms with E-state index in [1.165, 1.54) is 24.2 Å². The Bertz CT molecular complexity index is 278. The molecule has 1 fully saturated rings. The molecule has 2 rings (SSSR count). The zero-order chi connectivity index (χ0) is 9.86. The Labute approximate surface area is 95.0 Å². The van der Waals surface area contributed by atoms with Crippen molar-refractivity contribution in [1.29, 1.82) is 0 Å². The molecule has 0 bridgehead atoms. The Kier molecular flexibility index (Phi) is 3.40. The van der Waals surface area contributed by atoms with Gasteiger partial charge in [-0.1, -0.05) is 37.5 Å². The number of halogens is 1. The lowest BCUT2D eigenvalue weighted by Gasteiger charge is -2.30. The fourth-order valence-corrected chi connectivity index (χ4v) is 3.62. The van der Waals surface area contributed by atoms with Gasteiger partial charge in [-0.3, -0.25) is 0 Å². The minimum absolute atomic E-state index is 0.0282. The maximum atomic E-state index is 6.57. The van der Waals surface area contributed by atoms with Crippen LogP contribution in [0.25, 0.3) is 0 Å². The molecule has 0 aliphatic heterocycles. The summed E-state index contributed by atoms with van der Waals surface area (Å²) in [5.41, 5.74) is 0. The van der Waals surface area contributed by atoms with Crippen LogP contribution in [0.5, 0.6) is 0 Å². The van der Waals surface area contributed by atoms with Gasteiger partial charge in [0.15, 0.2) is 0 Å². The molecule has 1 aromatic carbocycles. The van der Waals surface area contributed by atoms with E-state index in [9.17, 15) is 0 Å². The van der Waals surface area contributed by atoms with Gasteiger partial charge in [-0.15, -0.1) is 23.4 Å². The average Bonchev–Trinajstić information content (AvgIpc) is 2.19. The predicted octanol–water partition coefficient (Wildman–Crippen LogP) is 4.68. The second-order valence-electron chi connectivity index (χ2n) is 3.86. The number of hydrogen-bond acceptors (Lipinski definition) is 1. The Balaban J connectivity index is 2.02. The zero-order valence-electron chi connectivity index (χ0n) is 8.21. The summed E-state index contributed by atoms with van der Waals surface area (Å²) in [6, 6.07) is 10.5. The highest BCUT2D eigenvalue weighted by Crippen LogP contribution is 2.46. The Hall–Kier alpha value is -0.140. The van der Waals surface area contributed by atoms with E-state index in [2.05, 4.69) is 24.3 Å². The minimum Gasteiger partial charge on any atom is -0.107 e. The number of alkyl halides is 1. The molecule has 0 N–H and O–H groups in total. The Morgan fingerprint density at radius 3 is 2.29 bits per heavy atom. The summed E-state index contributed by atoms with van der Waals surface area (Å²) >= 11 is 8.40. The number of thioether (sulfide) groups is 1. The molecule has 0 unspecified atom stereocenters. The molecule has 0 radical (unpaired) electrons. The van der Waals surface area contributed by atoms with E-state index in [0.29, 0.717) is 0 Å². The first-order valence-electron chi connectivity index (χ1n) is 5.22. The van der Waals surface area contributed by atoms with Crippen LogP contribution < -0.4 is 0 Å². The summed E-state index contributed by atoms with van der Waals surface area (Å²) < 4.78 is -0.0282. The van der Waals surface area contributed by atoms with Crippen molar-refractivity contribution in [1.82, 2.24) is 0 Å². The molecule has 0 atom stereocenters. The van der Waals surface area contributed by atoms with Crippen LogP contribution in [0.3, 0.4) is 0 Å². The van der Waals surface area contributed by atoms with Gasteiger partial charge in [-0.2, -0.15) is 0 Å². The molecular weight excluding hydrogens is 212 g/mol. The maximum Gasteiger partial charge on any atom is 0.0942 e. The van der Waals surface area contributed by atoms with Gasteiger partial charge < -0.3 is 0 Å². The summed E-state index contributed by atoms with van der Waals surface area (Å²) in [5.74, 6) is 0. The van der Waals surface area contributed by atoms with Crippen molar-refractivity contribution in [2.75, 3.05) is 0 Å². The highest BCUT2D eigenvalue weighted by atomic mass is 35.5.